The number of aromatic amines is 1. The topological polar surface area (TPSA) is 124 Å². The van der Waals surface area contributed by atoms with E-state index < -0.39 is 6.15 Å². The van der Waals surface area contributed by atoms with E-state index in [0.29, 0.717) is 0 Å². The van der Waals surface area contributed by atoms with Crippen molar-refractivity contribution in [3.63, 3.8) is 0 Å². The molecule has 0 spiro atoms. The van der Waals surface area contributed by atoms with E-state index in [1.165, 1.54) is 23.9 Å². The van der Waals surface area contributed by atoms with Crippen LogP contribution in [0.1, 0.15) is 5.82 Å². The summed E-state index contributed by atoms with van der Waals surface area (Å²) in [6, 6.07) is 0. The van der Waals surface area contributed by atoms with E-state index in [0.717, 1.165) is 5.82 Å². The van der Waals surface area contributed by atoms with Crippen molar-refractivity contribution in [1.82, 2.24) is 9.97 Å². The van der Waals surface area contributed by atoms with Crippen LogP contribution in [-0.4, -0.2) is 16.1 Å². The molecule has 0 bridgehead atoms. The Kier molecular flexibility index (Phi) is 4.74. The molecule has 7 heteroatoms. The molecule has 1 aromatic rings. The number of nitrogens with one attached hydrogen (secondary N) is 1. The molecule has 0 aliphatic heterocycles. The van der Waals surface area contributed by atoms with Crippen LogP contribution in [0.2, 0.25) is 0 Å². The third-order valence-electron chi connectivity index (χ3n) is 1.41. The van der Waals surface area contributed by atoms with Gasteiger partial charge in [-0.2, -0.15) is 0 Å². The summed E-state index contributed by atoms with van der Waals surface area (Å²) in [5, 5.41) is 32.3. The number of rotatable bonds is 0. The predicted molar refractivity (Wildman–Crippen MR) is 51.5 cm³/mol. The molecule has 1 aromatic heterocycles. The third-order valence-corrected chi connectivity index (χ3v) is 1.41. The second kappa shape index (κ2) is 5.81. The van der Waals surface area contributed by atoms with Gasteiger partial charge in [-0.15, -0.1) is 23.9 Å². The minimum absolute atomic E-state index is 0.968. The maximum absolute atomic E-state index is 8.09. The van der Waals surface area contributed by atoms with Crippen LogP contribution in [0.25, 0.3) is 0 Å². The van der Waals surface area contributed by atoms with Gasteiger partial charge < -0.3 is 4.98 Å². The molecule has 0 unspecified atom stereocenters. The molecule has 1 N–H and O–H groups in total. The van der Waals surface area contributed by atoms with Gasteiger partial charge in [0.15, 0.2) is 0 Å². The molecule has 1 rings (SSSR count). The number of nitriles is 4. The maximum atomic E-state index is 8.09. The Hall–Kier alpha value is -2.77. The fourth-order valence-corrected chi connectivity index (χ4v) is 0.517. The molecular weight excluding hydrogens is 191 g/mol. The van der Waals surface area contributed by atoms with Gasteiger partial charge in [0, 0.05) is 12.4 Å². The maximum Gasteiger partial charge on any atom is 0.383 e. The summed E-state index contributed by atoms with van der Waals surface area (Å²) in [4.78, 5) is 6.75. The van der Waals surface area contributed by atoms with E-state index in [2.05, 4.69) is 9.97 Å². The normalized spacial score (nSPS) is 8.07. The molecular formula is C8H6BN6-. The summed E-state index contributed by atoms with van der Waals surface area (Å²) in [7, 11) is 0. The molecule has 0 aliphatic carbocycles. The first-order valence-corrected chi connectivity index (χ1v) is 3.90. The summed E-state index contributed by atoms with van der Waals surface area (Å²) >= 11 is 0. The second-order valence-electron chi connectivity index (χ2n) is 2.56. The zero-order valence-corrected chi connectivity index (χ0v) is 7.97. The quantitative estimate of drug-likeness (QED) is 0.602. The smallest absolute Gasteiger partial charge is 0.349 e. The molecule has 0 amide bonds. The second-order valence-corrected chi connectivity index (χ2v) is 2.56. The van der Waals surface area contributed by atoms with Crippen LogP contribution in [0.15, 0.2) is 12.4 Å². The minimum Gasteiger partial charge on any atom is -0.349 e. The van der Waals surface area contributed by atoms with Crippen molar-refractivity contribution in [2.24, 2.45) is 0 Å². The van der Waals surface area contributed by atoms with E-state index in [4.69, 9.17) is 21.0 Å². The van der Waals surface area contributed by atoms with Crippen molar-refractivity contribution >= 4 is 6.15 Å². The van der Waals surface area contributed by atoms with Crippen molar-refractivity contribution in [3.8, 4) is 23.9 Å². The molecule has 0 saturated heterocycles. The van der Waals surface area contributed by atoms with Crippen molar-refractivity contribution in [2.75, 3.05) is 0 Å². The van der Waals surface area contributed by atoms with E-state index in [9.17, 15) is 0 Å². The highest BCUT2D eigenvalue weighted by Gasteiger charge is 2.22. The molecule has 1 heterocycles. The molecule has 0 saturated carbocycles. The summed E-state index contributed by atoms with van der Waals surface area (Å²) in [6.45, 7) is 1.92. The lowest BCUT2D eigenvalue weighted by atomic mass is 9.30. The Bertz CT molecular complexity index is 402. The number of hydrogen-bond donors (Lipinski definition) is 1. The Balaban J connectivity index is 0.000000280. The van der Waals surface area contributed by atoms with Crippen LogP contribution < -0.4 is 0 Å². The molecule has 0 fully saturated rings. The Morgan fingerprint density at radius 3 is 1.67 bits per heavy atom. The van der Waals surface area contributed by atoms with Crippen LogP contribution in [0.4, 0.5) is 0 Å². The molecule has 6 nitrogen and oxygen atoms in total. The van der Waals surface area contributed by atoms with Crippen LogP contribution >= 0.6 is 0 Å². The highest BCUT2D eigenvalue weighted by Crippen LogP contribution is 1.92. The fraction of sp³-hybridized carbons (Fsp3) is 0.125. The van der Waals surface area contributed by atoms with E-state index in [-0.39, 0.29) is 0 Å². The Labute approximate surface area is 86.9 Å². The lowest BCUT2D eigenvalue weighted by Gasteiger charge is -1.98. The number of aryl methyl sites for hydroxylation is 1. The van der Waals surface area contributed by atoms with Gasteiger partial charge in [-0.3, -0.25) is 0 Å². The van der Waals surface area contributed by atoms with Crippen molar-refractivity contribution in [2.45, 2.75) is 6.92 Å². The first kappa shape index (κ1) is 12.2. The number of imidazole rings is 1. The van der Waals surface area contributed by atoms with Gasteiger partial charge in [-0.1, -0.05) is 0 Å². The monoisotopic (exact) mass is 197 g/mol. The summed E-state index contributed by atoms with van der Waals surface area (Å²) in [5.74, 6) is 6.34. The average Bonchev–Trinajstić information content (AvgIpc) is 2.74. The lowest BCUT2D eigenvalue weighted by molar-refractivity contribution is 1.15. The van der Waals surface area contributed by atoms with Crippen molar-refractivity contribution in [3.05, 3.63) is 18.2 Å². The lowest BCUT2D eigenvalue weighted by Crippen LogP contribution is -2.26. The number of H-pyrrole nitrogens is 1. The summed E-state index contributed by atoms with van der Waals surface area (Å²) in [6.07, 6.45) is 0.810. The van der Waals surface area contributed by atoms with Crippen molar-refractivity contribution < 1.29 is 0 Å². The summed E-state index contributed by atoms with van der Waals surface area (Å²) in [5.41, 5.74) is 0. The highest BCUT2D eigenvalue weighted by atomic mass is 14.9. The van der Waals surface area contributed by atoms with E-state index in [1.54, 1.807) is 12.4 Å². The first-order chi connectivity index (χ1) is 7.14. The largest absolute Gasteiger partial charge is 0.383 e. The zero-order chi connectivity index (χ0) is 11.7. The fourth-order valence-electron chi connectivity index (χ4n) is 0.517. The molecule has 15 heavy (non-hydrogen) atoms. The number of aromatic nitrogens is 2. The van der Waals surface area contributed by atoms with Gasteiger partial charge in [-0.05, 0) is 6.92 Å². The Morgan fingerprint density at radius 1 is 1.13 bits per heavy atom. The minimum atomic E-state index is -2.72. The molecule has 0 atom stereocenters. The zero-order valence-electron chi connectivity index (χ0n) is 7.97. The first-order valence-electron chi connectivity index (χ1n) is 3.90. The standard InChI is InChI=1S/C4BN4.C4H6N2/c6-1-5(2-7,3-8)4-9;1-4-5-2-3-6-4/h;2-3H,1H3,(H,5,6)/q-1;. The van der Waals surface area contributed by atoms with Crippen LogP contribution in [0, 0.1) is 51.8 Å². The SMILES string of the molecule is Cc1ncc[nH]1.N#C[B-](C#N)(C#N)C#N. The highest BCUT2D eigenvalue weighted by molar-refractivity contribution is 7.05. The van der Waals surface area contributed by atoms with Gasteiger partial charge in [-0.25, -0.2) is 26.0 Å². The van der Waals surface area contributed by atoms with Gasteiger partial charge in [0.2, 0.25) is 0 Å². The number of hydrogen-bond acceptors (Lipinski definition) is 5. The molecule has 0 aliphatic rings. The molecule has 0 radical (unpaired) electrons. The molecule has 72 valence electrons. The van der Waals surface area contributed by atoms with E-state index >= 15 is 0 Å². The van der Waals surface area contributed by atoms with Crippen LogP contribution in [0.5, 0.6) is 0 Å². The van der Waals surface area contributed by atoms with Crippen LogP contribution in [0.3, 0.4) is 0 Å². The summed E-state index contributed by atoms with van der Waals surface area (Å²) < 4.78 is 0. The average molecular weight is 197 g/mol. The van der Waals surface area contributed by atoms with Crippen molar-refractivity contribution in [1.29, 1.82) is 21.0 Å². The van der Waals surface area contributed by atoms with Gasteiger partial charge in [0.25, 0.3) is 0 Å². The van der Waals surface area contributed by atoms with Gasteiger partial charge in [0.05, 0.1) is 0 Å². The van der Waals surface area contributed by atoms with Gasteiger partial charge >= 0.3 is 6.15 Å². The third kappa shape index (κ3) is 3.64. The molecule has 0 aromatic carbocycles. The Morgan fingerprint density at radius 2 is 1.60 bits per heavy atom. The predicted octanol–water partition coefficient (Wildman–Crippen LogP) is 0.404. The van der Waals surface area contributed by atoms with Crippen LogP contribution in [-0.2, 0) is 0 Å². The van der Waals surface area contributed by atoms with Gasteiger partial charge in [0.1, 0.15) is 5.82 Å². The number of nitrogens with zero attached hydrogens (tertiary/aromatic N) is 5. The van der Waals surface area contributed by atoms with E-state index in [1.807, 2.05) is 6.92 Å².